The van der Waals surface area contributed by atoms with Crippen molar-refractivity contribution in [3.05, 3.63) is 41.2 Å². The van der Waals surface area contributed by atoms with Crippen LogP contribution in [0.25, 0.3) is 0 Å². The minimum atomic E-state index is -0.641. The molecule has 168 valence electrons. The highest BCUT2D eigenvalue weighted by Crippen LogP contribution is 2.25. The molecule has 0 unspecified atom stereocenters. The van der Waals surface area contributed by atoms with Crippen LogP contribution in [0.1, 0.15) is 49.4 Å². The fourth-order valence-corrected chi connectivity index (χ4v) is 2.92. The molecule has 2 rings (SSSR count). The average Bonchev–Trinajstić information content (AvgIpc) is 2.72. The molecule has 9 nitrogen and oxygen atoms in total. The highest BCUT2D eigenvalue weighted by Gasteiger charge is 2.20. The first-order valence-corrected chi connectivity index (χ1v) is 10.5. The van der Waals surface area contributed by atoms with Crippen molar-refractivity contribution >= 4 is 29.1 Å². The van der Waals surface area contributed by atoms with Crippen molar-refractivity contribution in [2.24, 2.45) is 11.5 Å². The Morgan fingerprint density at radius 3 is 2.48 bits per heavy atom. The van der Waals surface area contributed by atoms with Gasteiger partial charge in [-0.2, -0.15) is 0 Å². The molecule has 2 aromatic rings. The number of nitrogens with two attached hydrogens (primary N) is 2. The molecule has 0 saturated carbocycles. The van der Waals surface area contributed by atoms with Crippen LogP contribution in [0.4, 0.5) is 17.3 Å². The maximum Gasteiger partial charge on any atom is 0.271 e. The van der Waals surface area contributed by atoms with Gasteiger partial charge in [0.15, 0.2) is 17.3 Å². The Hall–Kier alpha value is -3.20. The number of benzene rings is 1. The van der Waals surface area contributed by atoms with Gasteiger partial charge in [-0.05, 0) is 51.3 Å². The SMILES string of the molecule is CCc1nc(C(N)=O)c(Nc2cccc(CCNC(=O)[C@H](C)N)c2)nc1N(C)C(C)C. The summed E-state index contributed by atoms with van der Waals surface area (Å²) in [6.45, 7) is 8.21. The first kappa shape index (κ1) is 24.1. The molecule has 0 aliphatic rings. The number of hydrogen-bond acceptors (Lipinski definition) is 7. The molecule has 1 atom stereocenters. The first-order valence-electron chi connectivity index (χ1n) is 10.5. The Morgan fingerprint density at radius 1 is 1.19 bits per heavy atom. The number of hydrogen-bond donors (Lipinski definition) is 4. The summed E-state index contributed by atoms with van der Waals surface area (Å²) >= 11 is 0. The number of carbonyl (C=O) groups excluding carboxylic acids is 2. The first-order chi connectivity index (χ1) is 14.6. The number of aryl methyl sites for hydroxylation is 1. The summed E-state index contributed by atoms with van der Waals surface area (Å²) in [5.41, 5.74) is 13.7. The van der Waals surface area contributed by atoms with E-state index in [1.54, 1.807) is 6.92 Å². The lowest BCUT2D eigenvalue weighted by atomic mass is 10.1. The monoisotopic (exact) mass is 427 g/mol. The second-order valence-electron chi connectivity index (χ2n) is 7.77. The molecule has 0 spiro atoms. The number of nitrogens with zero attached hydrogens (tertiary/aromatic N) is 3. The Labute approximate surface area is 183 Å². The van der Waals surface area contributed by atoms with Crippen molar-refractivity contribution < 1.29 is 9.59 Å². The maximum absolute atomic E-state index is 12.0. The molecule has 0 saturated heterocycles. The smallest absolute Gasteiger partial charge is 0.271 e. The van der Waals surface area contributed by atoms with Crippen LogP contribution in [-0.2, 0) is 17.6 Å². The summed E-state index contributed by atoms with van der Waals surface area (Å²) in [7, 11) is 1.94. The molecular weight excluding hydrogens is 394 g/mol. The molecule has 0 fully saturated rings. The topological polar surface area (TPSA) is 139 Å². The summed E-state index contributed by atoms with van der Waals surface area (Å²) in [5.74, 6) is 0.195. The van der Waals surface area contributed by atoms with Crippen LogP contribution in [0.3, 0.4) is 0 Å². The minimum Gasteiger partial charge on any atom is -0.364 e. The molecule has 0 aliphatic carbocycles. The lowest BCUT2D eigenvalue weighted by Crippen LogP contribution is -2.39. The fourth-order valence-electron chi connectivity index (χ4n) is 2.92. The Morgan fingerprint density at radius 2 is 1.90 bits per heavy atom. The maximum atomic E-state index is 12.0. The number of aromatic nitrogens is 2. The minimum absolute atomic E-state index is 0.104. The van der Waals surface area contributed by atoms with E-state index in [-0.39, 0.29) is 17.6 Å². The van der Waals surface area contributed by atoms with Crippen LogP contribution in [0, 0.1) is 0 Å². The Kier molecular flexibility index (Phi) is 8.32. The largest absolute Gasteiger partial charge is 0.364 e. The zero-order chi connectivity index (χ0) is 23.1. The van der Waals surface area contributed by atoms with E-state index in [0.717, 1.165) is 11.3 Å². The summed E-state index contributed by atoms with van der Waals surface area (Å²) in [4.78, 5) is 34.9. The number of primary amides is 1. The molecule has 6 N–H and O–H groups in total. The highest BCUT2D eigenvalue weighted by molar-refractivity contribution is 5.96. The number of anilines is 3. The Bertz CT molecular complexity index is 928. The highest BCUT2D eigenvalue weighted by atomic mass is 16.2. The number of nitrogens with one attached hydrogen (secondary N) is 2. The van der Waals surface area contributed by atoms with Crippen LogP contribution in [0.15, 0.2) is 24.3 Å². The van der Waals surface area contributed by atoms with Crippen molar-refractivity contribution in [3.63, 3.8) is 0 Å². The second-order valence-corrected chi connectivity index (χ2v) is 7.77. The molecular formula is C22H33N7O2. The van der Waals surface area contributed by atoms with E-state index in [2.05, 4.69) is 29.5 Å². The summed E-state index contributed by atoms with van der Waals surface area (Å²) in [6.07, 6.45) is 1.26. The third-order valence-corrected chi connectivity index (χ3v) is 4.94. The van der Waals surface area contributed by atoms with Crippen molar-refractivity contribution in [2.45, 2.75) is 52.6 Å². The van der Waals surface area contributed by atoms with Gasteiger partial charge in [0.25, 0.3) is 5.91 Å². The van der Waals surface area contributed by atoms with Crippen LogP contribution in [0.5, 0.6) is 0 Å². The van der Waals surface area contributed by atoms with Gasteiger partial charge in [-0.15, -0.1) is 0 Å². The van der Waals surface area contributed by atoms with E-state index in [4.69, 9.17) is 16.5 Å². The normalized spacial score (nSPS) is 11.8. The second kappa shape index (κ2) is 10.7. The van der Waals surface area contributed by atoms with Gasteiger partial charge in [-0.3, -0.25) is 9.59 Å². The van der Waals surface area contributed by atoms with E-state index >= 15 is 0 Å². The van der Waals surface area contributed by atoms with E-state index in [9.17, 15) is 9.59 Å². The number of carbonyl (C=O) groups is 2. The van der Waals surface area contributed by atoms with Crippen LogP contribution in [0.2, 0.25) is 0 Å². The number of rotatable bonds is 10. The third kappa shape index (κ3) is 6.39. The molecule has 31 heavy (non-hydrogen) atoms. The third-order valence-electron chi connectivity index (χ3n) is 4.94. The van der Waals surface area contributed by atoms with Gasteiger partial charge in [-0.1, -0.05) is 19.1 Å². The zero-order valence-electron chi connectivity index (χ0n) is 18.9. The Balaban J connectivity index is 2.29. The van der Waals surface area contributed by atoms with Crippen LogP contribution >= 0.6 is 0 Å². The molecule has 2 amide bonds. The molecule has 0 radical (unpaired) electrons. The van der Waals surface area contributed by atoms with Crippen molar-refractivity contribution in [2.75, 3.05) is 23.8 Å². The lowest BCUT2D eigenvalue weighted by molar-refractivity contribution is -0.121. The van der Waals surface area contributed by atoms with Crippen LogP contribution < -0.4 is 27.0 Å². The van der Waals surface area contributed by atoms with Gasteiger partial charge in [0, 0.05) is 25.3 Å². The summed E-state index contributed by atoms with van der Waals surface area (Å²) < 4.78 is 0. The predicted molar refractivity (Wildman–Crippen MR) is 124 cm³/mol. The molecule has 0 bridgehead atoms. The quantitative estimate of drug-likeness (QED) is 0.453. The van der Waals surface area contributed by atoms with Gasteiger partial charge < -0.3 is 27.0 Å². The fraction of sp³-hybridized carbons (Fsp3) is 0.455. The van der Waals surface area contributed by atoms with Gasteiger partial charge in [0.1, 0.15) is 0 Å². The van der Waals surface area contributed by atoms with E-state index in [0.29, 0.717) is 36.7 Å². The van der Waals surface area contributed by atoms with E-state index in [1.165, 1.54) is 0 Å². The van der Waals surface area contributed by atoms with E-state index in [1.807, 2.05) is 43.1 Å². The molecule has 1 aromatic heterocycles. The molecule has 1 heterocycles. The van der Waals surface area contributed by atoms with Gasteiger partial charge in [0.05, 0.1) is 11.7 Å². The van der Waals surface area contributed by atoms with Gasteiger partial charge in [0.2, 0.25) is 5.91 Å². The summed E-state index contributed by atoms with van der Waals surface area (Å²) in [5, 5.41) is 5.98. The van der Waals surface area contributed by atoms with Gasteiger partial charge >= 0.3 is 0 Å². The zero-order valence-corrected chi connectivity index (χ0v) is 18.9. The lowest BCUT2D eigenvalue weighted by Gasteiger charge is -2.25. The average molecular weight is 428 g/mol. The molecule has 1 aromatic carbocycles. The standard InChI is InChI=1S/C22H33N7O2/c1-6-17-21(29(5)13(2)3)28-20(18(27-17)19(24)30)26-16-9-7-8-15(12-16)10-11-25-22(31)14(4)23/h7-9,12-14H,6,10-11,23H2,1-5H3,(H2,24,30)(H,25,31)(H,26,28)/t14-/m0/s1. The molecule has 9 heteroatoms. The van der Waals surface area contributed by atoms with Crippen molar-refractivity contribution in [3.8, 4) is 0 Å². The van der Waals surface area contributed by atoms with E-state index < -0.39 is 11.9 Å². The van der Waals surface area contributed by atoms with Crippen molar-refractivity contribution in [1.29, 1.82) is 0 Å². The van der Waals surface area contributed by atoms with Crippen LogP contribution in [-0.4, -0.2) is 47.5 Å². The number of amides is 2. The van der Waals surface area contributed by atoms with Crippen molar-refractivity contribution in [1.82, 2.24) is 15.3 Å². The summed E-state index contributed by atoms with van der Waals surface area (Å²) in [6, 6.07) is 7.33. The predicted octanol–water partition coefficient (Wildman–Crippen LogP) is 1.73. The molecule has 0 aliphatic heterocycles. The van der Waals surface area contributed by atoms with Gasteiger partial charge in [-0.25, -0.2) is 9.97 Å².